The Balaban J connectivity index is 1.66. The second kappa shape index (κ2) is 11.7. The predicted octanol–water partition coefficient (Wildman–Crippen LogP) is 6.84. The summed E-state index contributed by atoms with van der Waals surface area (Å²) in [6, 6.07) is 21.0. The Morgan fingerprint density at radius 1 is 0.850 bits per heavy atom. The number of rotatable bonds is 10. The minimum Gasteiger partial charge on any atom is -0.457 e. The van der Waals surface area contributed by atoms with Crippen molar-refractivity contribution in [1.29, 1.82) is 0 Å². The summed E-state index contributed by atoms with van der Waals surface area (Å²) >= 11 is 0. The number of carbonyl (C=O) groups is 1. The maximum absolute atomic E-state index is 11.8. The molecular weight excluding hydrogens is 502 g/mol. The van der Waals surface area contributed by atoms with Gasteiger partial charge in [0.2, 0.25) is 5.89 Å². The van der Waals surface area contributed by atoms with Gasteiger partial charge < -0.3 is 19.0 Å². The maximum Gasteiger partial charge on any atom is 0.322 e. The molecule has 1 aliphatic rings. The third-order valence-corrected chi connectivity index (χ3v) is 7.44. The maximum atomic E-state index is 11.8. The van der Waals surface area contributed by atoms with Crippen LogP contribution in [0.5, 0.6) is 11.5 Å². The van der Waals surface area contributed by atoms with Gasteiger partial charge in [-0.25, -0.2) is 0 Å². The monoisotopic (exact) mass is 537 g/mol. The van der Waals surface area contributed by atoms with Crippen LogP contribution in [0.25, 0.3) is 11.5 Å². The van der Waals surface area contributed by atoms with E-state index >= 15 is 0 Å². The van der Waals surface area contributed by atoms with Gasteiger partial charge in [0.25, 0.3) is 5.91 Å². The Morgan fingerprint density at radius 3 is 1.98 bits per heavy atom. The van der Waals surface area contributed by atoms with E-state index in [1.54, 1.807) is 0 Å². The van der Waals surface area contributed by atoms with E-state index in [1.165, 1.54) is 0 Å². The number of nitrogens with zero attached hydrogens (tertiary/aromatic N) is 4. The molecule has 0 unspecified atom stereocenters. The van der Waals surface area contributed by atoms with E-state index in [4.69, 9.17) is 9.15 Å². The highest BCUT2D eigenvalue weighted by molar-refractivity contribution is 5.97. The Kier molecular flexibility index (Phi) is 7.86. The molecule has 4 aromatic rings. The van der Waals surface area contributed by atoms with Gasteiger partial charge in [0.1, 0.15) is 11.5 Å². The van der Waals surface area contributed by atoms with Gasteiger partial charge in [-0.15, -0.1) is 5.10 Å². The predicted molar refractivity (Wildman–Crippen MR) is 160 cm³/mol. The second-order valence-electron chi connectivity index (χ2n) is 9.52. The van der Waals surface area contributed by atoms with Crippen LogP contribution in [0.4, 0.5) is 17.4 Å². The number of fused-ring (bicyclic) bond motifs is 2. The molecule has 8 nitrogen and oxygen atoms in total. The Morgan fingerprint density at radius 2 is 1.43 bits per heavy atom. The van der Waals surface area contributed by atoms with E-state index in [0.717, 1.165) is 77.4 Å². The third kappa shape index (κ3) is 5.04. The molecule has 0 atom stereocenters. The van der Waals surface area contributed by atoms with Crippen molar-refractivity contribution in [3.63, 3.8) is 0 Å². The van der Waals surface area contributed by atoms with Crippen molar-refractivity contribution < 1.29 is 13.9 Å². The molecule has 206 valence electrons. The van der Waals surface area contributed by atoms with E-state index in [2.05, 4.69) is 102 Å². The van der Waals surface area contributed by atoms with E-state index in [9.17, 15) is 4.79 Å². The third-order valence-electron chi connectivity index (χ3n) is 7.44. The summed E-state index contributed by atoms with van der Waals surface area (Å²) in [6.45, 7) is 15.7. The zero-order chi connectivity index (χ0) is 28.2. The van der Waals surface area contributed by atoms with Crippen molar-refractivity contribution >= 4 is 23.3 Å². The highest BCUT2D eigenvalue weighted by Gasteiger charge is 2.32. The van der Waals surface area contributed by atoms with Gasteiger partial charge in [-0.1, -0.05) is 42.0 Å². The van der Waals surface area contributed by atoms with Gasteiger partial charge in [0.15, 0.2) is 0 Å². The van der Waals surface area contributed by atoms with E-state index in [1.807, 2.05) is 18.2 Å². The first-order chi connectivity index (χ1) is 19.5. The van der Waals surface area contributed by atoms with Gasteiger partial charge in [-0.3, -0.25) is 10.1 Å². The van der Waals surface area contributed by atoms with Crippen molar-refractivity contribution in [2.24, 2.45) is 0 Å². The van der Waals surface area contributed by atoms with Crippen LogP contribution >= 0.6 is 0 Å². The SMILES string of the molecule is C=CC(=O)Nc1nnc(-c2ccccc2C2c3ccc(N(CC)CC)cc3Oc3cc(N(CC)CC)ccc32)o1. The Labute approximate surface area is 235 Å². The highest BCUT2D eigenvalue weighted by atomic mass is 16.5. The molecule has 0 fully saturated rings. The largest absolute Gasteiger partial charge is 0.457 e. The van der Waals surface area contributed by atoms with Gasteiger partial charge in [-0.05, 0) is 57.5 Å². The fourth-order valence-electron chi connectivity index (χ4n) is 5.37. The molecule has 1 N–H and O–H groups in total. The number of amides is 1. The molecule has 8 heteroatoms. The van der Waals surface area contributed by atoms with Crippen LogP contribution in [0.3, 0.4) is 0 Å². The zero-order valence-corrected chi connectivity index (χ0v) is 23.5. The molecule has 1 amide bonds. The lowest BCUT2D eigenvalue weighted by Crippen LogP contribution is -2.23. The molecule has 0 spiro atoms. The van der Waals surface area contributed by atoms with Crippen LogP contribution in [0.2, 0.25) is 0 Å². The fraction of sp³-hybridized carbons (Fsp3) is 0.281. The fourth-order valence-corrected chi connectivity index (χ4v) is 5.37. The number of hydrogen-bond acceptors (Lipinski definition) is 7. The Bertz CT molecular complexity index is 1460. The number of nitrogens with one attached hydrogen (secondary N) is 1. The summed E-state index contributed by atoms with van der Waals surface area (Å²) in [5, 5.41) is 10.8. The lowest BCUT2D eigenvalue weighted by atomic mass is 9.80. The smallest absolute Gasteiger partial charge is 0.322 e. The minimum atomic E-state index is -0.413. The first-order valence-electron chi connectivity index (χ1n) is 13.8. The summed E-state index contributed by atoms with van der Waals surface area (Å²) < 4.78 is 12.5. The van der Waals surface area contributed by atoms with Crippen LogP contribution in [-0.2, 0) is 4.79 Å². The summed E-state index contributed by atoms with van der Waals surface area (Å²) in [7, 11) is 0. The number of benzene rings is 3. The molecule has 1 aromatic heterocycles. The summed E-state index contributed by atoms with van der Waals surface area (Å²) in [4.78, 5) is 16.4. The van der Waals surface area contributed by atoms with Crippen LogP contribution in [-0.4, -0.2) is 42.3 Å². The van der Waals surface area contributed by atoms with Crippen molar-refractivity contribution in [3.05, 3.63) is 90.0 Å². The topological polar surface area (TPSA) is 83.7 Å². The molecule has 0 bridgehead atoms. The van der Waals surface area contributed by atoms with Crippen molar-refractivity contribution in [2.75, 3.05) is 41.3 Å². The van der Waals surface area contributed by atoms with Crippen molar-refractivity contribution in [1.82, 2.24) is 10.2 Å². The average molecular weight is 538 g/mol. The van der Waals surface area contributed by atoms with Crippen LogP contribution in [0.1, 0.15) is 50.3 Å². The van der Waals surface area contributed by atoms with Crippen LogP contribution < -0.4 is 19.9 Å². The first kappa shape index (κ1) is 27.0. The number of carbonyl (C=O) groups excluding carboxylic acids is 1. The summed E-state index contributed by atoms with van der Waals surface area (Å²) in [5.74, 6) is 1.44. The Hall–Kier alpha value is -4.59. The summed E-state index contributed by atoms with van der Waals surface area (Å²) in [5.41, 5.74) is 6.16. The highest BCUT2D eigenvalue weighted by Crippen LogP contribution is 2.51. The van der Waals surface area contributed by atoms with Crippen molar-refractivity contribution in [3.8, 4) is 23.0 Å². The molecule has 0 saturated carbocycles. The van der Waals surface area contributed by atoms with Gasteiger partial charge in [0, 0.05) is 72.3 Å². The minimum absolute atomic E-state index is 0.0233. The van der Waals surface area contributed by atoms with E-state index < -0.39 is 5.91 Å². The molecule has 0 aliphatic carbocycles. The number of hydrogen-bond donors (Lipinski definition) is 1. The normalized spacial score (nSPS) is 12.2. The van der Waals surface area contributed by atoms with Gasteiger partial charge in [-0.2, -0.15) is 0 Å². The molecule has 3 aromatic carbocycles. The van der Waals surface area contributed by atoms with Crippen molar-refractivity contribution in [2.45, 2.75) is 33.6 Å². The lowest BCUT2D eigenvalue weighted by Gasteiger charge is -2.32. The average Bonchev–Trinajstić information content (AvgIpc) is 3.45. The molecule has 5 rings (SSSR count). The van der Waals surface area contributed by atoms with Gasteiger partial charge in [0.05, 0.1) is 0 Å². The van der Waals surface area contributed by atoms with Crippen LogP contribution in [0.15, 0.2) is 77.7 Å². The summed E-state index contributed by atoms with van der Waals surface area (Å²) in [6.07, 6.45) is 1.16. The zero-order valence-electron chi connectivity index (χ0n) is 23.5. The number of aromatic nitrogens is 2. The van der Waals surface area contributed by atoms with Crippen LogP contribution in [0, 0.1) is 0 Å². The standard InChI is InChI=1S/C32H35N5O3/c1-6-29(38)33-32-35-34-31(40-32)24-14-12-11-13-23(24)30-25-17-15-21(36(7-2)8-3)19-27(25)39-28-20-22(16-18-26(28)30)37(9-4)10-5/h6,11-20,30H,1,7-10H2,2-5H3,(H,33,35,38). The number of anilines is 3. The second-order valence-corrected chi connectivity index (χ2v) is 9.52. The molecular formula is C32H35N5O3. The first-order valence-corrected chi connectivity index (χ1v) is 13.8. The molecule has 2 heterocycles. The quantitative estimate of drug-likeness (QED) is 0.195. The molecule has 0 saturated heterocycles. The van der Waals surface area contributed by atoms with E-state index in [-0.39, 0.29) is 11.9 Å². The lowest BCUT2D eigenvalue weighted by molar-refractivity contribution is -0.112. The molecule has 1 aliphatic heterocycles. The van der Waals surface area contributed by atoms with Gasteiger partial charge >= 0.3 is 6.01 Å². The molecule has 40 heavy (non-hydrogen) atoms. The van der Waals surface area contributed by atoms with E-state index in [0.29, 0.717) is 5.89 Å². The molecule has 0 radical (unpaired) electrons. The number of ether oxygens (including phenoxy) is 1.